The van der Waals surface area contributed by atoms with Gasteiger partial charge in [0.2, 0.25) is 0 Å². The summed E-state index contributed by atoms with van der Waals surface area (Å²) in [4.78, 5) is 0. The Morgan fingerprint density at radius 3 is 2.58 bits per heavy atom. The summed E-state index contributed by atoms with van der Waals surface area (Å²) in [5, 5.41) is 0. The molecule has 2 nitrogen and oxygen atoms in total. The van der Waals surface area contributed by atoms with E-state index in [0.717, 1.165) is 17.0 Å². The maximum absolute atomic E-state index is 13.5. The van der Waals surface area contributed by atoms with Gasteiger partial charge in [-0.2, -0.15) is 0 Å². The second kappa shape index (κ2) is 6.49. The van der Waals surface area contributed by atoms with Crippen molar-refractivity contribution in [3.8, 4) is 0 Å². The van der Waals surface area contributed by atoms with E-state index in [0.29, 0.717) is 5.92 Å². The number of hydrogen-bond donors (Lipinski definition) is 2. The van der Waals surface area contributed by atoms with Crippen LogP contribution in [0, 0.1) is 24.6 Å². The second-order valence-electron chi connectivity index (χ2n) is 5.83. The Labute approximate surface area is 115 Å². The van der Waals surface area contributed by atoms with Gasteiger partial charge in [-0.3, -0.25) is 11.3 Å². The predicted molar refractivity (Wildman–Crippen MR) is 76.9 cm³/mol. The zero-order valence-corrected chi connectivity index (χ0v) is 12.0. The molecule has 0 heterocycles. The maximum atomic E-state index is 13.5. The number of nitrogens with one attached hydrogen (secondary N) is 1. The van der Waals surface area contributed by atoms with Crippen molar-refractivity contribution in [2.24, 2.45) is 17.7 Å². The fourth-order valence-electron chi connectivity index (χ4n) is 3.36. The third-order valence-corrected chi connectivity index (χ3v) is 4.70. The van der Waals surface area contributed by atoms with Crippen LogP contribution in [-0.4, -0.2) is 0 Å². The largest absolute Gasteiger partial charge is 0.271 e. The highest BCUT2D eigenvalue weighted by Gasteiger charge is 2.28. The maximum Gasteiger partial charge on any atom is 0.123 e. The van der Waals surface area contributed by atoms with Crippen molar-refractivity contribution in [2.45, 2.75) is 52.0 Å². The number of halogens is 1. The zero-order valence-electron chi connectivity index (χ0n) is 12.0. The van der Waals surface area contributed by atoms with Crippen molar-refractivity contribution >= 4 is 0 Å². The summed E-state index contributed by atoms with van der Waals surface area (Å²) in [6, 6.07) is 5.06. The van der Waals surface area contributed by atoms with Crippen molar-refractivity contribution < 1.29 is 4.39 Å². The average Bonchev–Trinajstić information content (AvgIpc) is 2.44. The fourth-order valence-corrected chi connectivity index (χ4v) is 3.36. The Morgan fingerprint density at radius 2 is 2.00 bits per heavy atom. The van der Waals surface area contributed by atoms with Gasteiger partial charge in [0, 0.05) is 6.04 Å². The van der Waals surface area contributed by atoms with E-state index in [1.807, 2.05) is 13.0 Å². The summed E-state index contributed by atoms with van der Waals surface area (Å²) in [5.74, 6) is 6.96. The van der Waals surface area contributed by atoms with Crippen LogP contribution >= 0.6 is 0 Å². The van der Waals surface area contributed by atoms with Crippen LogP contribution in [-0.2, 0) is 0 Å². The van der Waals surface area contributed by atoms with Gasteiger partial charge in [0.15, 0.2) is 0 Å². The lowest BCUT2D eigenvalue weighted by molar-refractivity contribution is 0.219. The van der Waals surface area contributed by atoms with Crippen LogP contribution < -0.4 is 11.3 Å². The minimum absolute atomic E-state index is 0.0773. The molecule has 1 atom stereocenters. The lowest BCUT2D eigenvalue weighted by atomic mass is 9.75. The van der Waals surface area contributed by atoms with E-state index in [4.69, 9.17) is 5.84 Å². The molecule has 0 bridgehead atoms. The minimum atomic E-state index is -0.178. The molecule has 0 radical (unpaired) electrons. The first-order valence-corrected chi connectivity index (χ1v) is 7.37. The summed E-state index contributed by atoms with van der Waals surface area (Å²) in [6.45, 7) is 4.29. The van der Waals surface area contributed by atoms with Crippen LogP contribution in [0.5, 0.6) is 0 Å². The topological polar surface area (TPSA) is 38.0 Å². The van der Waals surface area contributed by atoms with Crippen LogP contribution in [0.15, 0.2) is 18.2 Å². The molecule has 0 aliphatic heterocycles. The van der Waals surface area contributed by atoms with Gasteiger partial charge < -0.3 is 0 Å². The number of hydrogen-bond acceptors (Lipinski definition) is 2. The van der Waals surface area contributed by atoms with Gasteiger partial charge in [0.1, 0.15) is 5.82 Å². The Kier molecular flexibility index (Phi) is 4.94. The Bertz CT molecular complexity index is 411. The van der Waals surface area contributed by atoms with Gasteiger partial charge in [0.25, 0.3) is 0 Å². The lowest BCUT2D eigenvalue weighted by Gasteiger charge is -2.34. The summed E-state index contributed by atoms with van der Waals surface area (Å²) in [6.07, 6.45) is 6.18. The number of hydrazine groups is 1. The van der Waals surface area contributed by atoms with Gasteiger partial charge in [-0.25, -0.2) is 4.39 Å². The molecule has 0 aromatic heterocycles. The van der Waals surface area contributed by atoms with Crippen molar-refractivity contribution in [3.05, 3.63) is 35.1 Å². The van der Waals surface area contributed by atoms with E-state index >= 15 is 0 Å². The van der Waals surface area contributed by atoms with E-state index in [1.54, 1.807) is 6.07 Å². The molecule has 1 saturated carbocycles. The third-order valence-electron chi connectivity index (χ3n) is 4.70. The first kappa shape index (κ1) is 14.5. The number of aryl methyl sites for hydroxylation is 1. The van der Waals surface area contributed by atoms with Crippen LogP contribution in [0.4, 0.5) is 4.39 Å². The molecule has 1 unspecified atom stereocenters. The zero-order chi connectivity index (χ0) is 13.8. The van der Waals surface area contributed by atoms with Crippen LogP contribution in [0.2, 0.25) is 0 Å². The summed E-state index contributed by atoms with van der Waals surface area (Å²) >= 11 is 0. The SMILES string of the molecule is CCC1CCC(C(NN)c2cc(F)ccc2C)CC1. The van der Waals surface area contributed by atoms with Gasteiger partial charge in [-0.1, -0.05) is 32.3 Å². The molecule has 0 spiro atoms. The molecule has 2 rings (SSSR count). The smallest absolute Gasteiger partial charge is 0.123 e. The summed E-state index contributed by atoms with van der Waals surface area (Å²) in [5.41, 5.74) is 5.05. The molecule has 0 amide bonds. The van der Waals surface area contributed by atoms with E-state index in [-0.39, 0.29) is 11.9 Å². The lowest BCUT2D eigenvalue weighted by Crippen LogP contribution is -2.35. The van der Waals surface area contributed by atoms with Crippen molar-refractivity contribution in [1.29, 1.82) is 0 Å². The molecule has 1 aromatic carbocycles. The van der Waals surface area contributed by atoms with Gasteiger partial charge in [0.05, 0.1) is 0 Å². The van der Waals surface area contributed by atoms with E-state index in [9.17, 15) is 4.39 Å². The standard InChI is InChI=1S/C16H25FN2/c1-3-12-5-7-13(8-6-12)16(19-18)15-10-14(17)9-4-11(15)2/h4,9-10,12-13,16,19H,3,5-8,18H2,1-2H3. The monoisotopic (exact) mass is 264 g/mol. The van der Waals surface area contributed by atoms with Crippen molar-refractivity contribution in [1.82, 2.24) is 5.43 Å². The van der Waals surface area contributed by atoms with E-state index in [2.05, 4.69) is 12.3 Å². The Balaban J connectivity index is 2.14. The highest BCUT2D eigenvalue weighted by Crippen LogP contribution is 2.38. The number of rotatable bonds is 4. The molecular weight excluding hydrogens is 239 g/mol. The van der Waals surface area contributed by atoms with Crippen LogP contribution in [0.25, 0.3) is 0 Å². The quantitative estimate of drug-likeness (QED) is 0.640. The summed E-state index contributed by atoms with van der Waals surface area (Å²) < 4.78 is 13.5. The molecular formula is C16H25FN2. The molecule has 1 aromatic rings. The second-order valence-corrected chi connectivity index (χ2v) is 5.83. The molecule has 1 aliphatic rings. The van der Waals surface area contributed by atoms with Crippen LogP contribution in [0.3, 0.4) is 0 Å². The highest BCUT2D eigenvalue weighted by molar-refractivity contribution is 5.30. The molecule has 3 N–H and O–H groups in total. The summed E-state index contributed by atoms with van der Waals surface area (Å²) in [7, 11) is 0. The van der Waals surface area contributed by atoms with Crippen molar-refractivity contribution in [3.63, 3.8) is 0 Å². The van der Waals surface area contributed by atoms with E-state index < -0.39 is 0 Å². The molecule has 19 heavy (non-hydrogen) atoms. The van der Waals surface area contributed by atoms with Crippen molar-refractivity contribution in [2.75, 3.05) is 0 Å². The molecule has 3 heteroatoms. The third kappa shape index (κ3) is 3.34. The Morgan fingerprint density at radius 1 is 1.32 bits per heavy atom. The Hall–Kier alpha value is -0.930. The number of benzene rings is 1. The highest BCUT2D eigenvalue weighted by atomic mass is 19.1. The van der Waals surface area contributed by atoms with Gasteiger partial charge in [-0.15, -0.1) is 0 Å². The van der Waals surface area contributed by atoms with Gasteiger partial charge in [-0.05, 0) is 54.9 Å². The van der Waals surface area contributed by atoms with Crippen LogP contribution in [0.1, 0.15) is 56.2 Å². The molecule has 0 saturated heterocycles. The fraction of sp³-hybridized carbons (Fsp3) is 0.625. The number of nitrogens with two attached hydrogens (primary N) is 1. The normalized spacial score (nSPS) is 25.3. The predicted octanol–water partition coefficient (Wildman–Crippen LogP) is 3.85. The molecule has 1 aliphatic carbocycles. The first-order valence-electron chi connectivity index (χ1n) is 7.37. The van der Waals surface area contributed by atoms with Gasteiger partial charge >= 0.3 is 0 Å². The first-order chi connectivity index (χ1) is 9.15. The average molecular weight is 264 g/mol. The minimum Gasteiger partial charge on any atom is -0.271 e. The molecule has 106 valence electrons. The molecule has 1 fully saturated rings. The van der Waals surface area contributed by atoms with E-state index in [1.165, 1.54) is 38.2 Å².